The maximum absolute atomic E-state index is 13.9. The maximum Gasteiger partial charge on any atom is 0.323 e. The molecule has 7 heteroatoms. The van der Waals surface area contributed by atoms with Crippen LogP contribution in [0.25, 0.3) is 5.57 Å². The first-order chi connectivity index (χ1) is 12.4. The predicted octanol–water partition coefficient (Wildman–Crippen LogP) is 3.62. The SMILES string of the molecule is C=C1C=C(CCc2cccc(F)c2F)N(CC(=O)O)c2nn(CC)cc21. The summed E-state index contributed by atoms with van der Waals surface area (Å²) in [5.41, 5.74) is 2.40. The largest absolute Gasteiger partial charge is 0.480 e. The number of benzene rings is 1. The van der Waals surface area contributed by atoms with Crippen LogP contribution in [0, 0.1) is 11.6 Å². The van der Waals surface area contributed by atoms with Crippen molar-refractivity contribution in [2.45, 2.75) is 26.3 Å². The Balaban J connectivity index is 1.90. The Hall–Kier alpha value is -2.96. The lowest BCUT2D eigenvalue weighted by molar-refractivity contribution is -0.135. The van der Waals surface area contributed by atoms with Crippen LogP contribution in [0.3, 0.4) is 0 Å². The van der Waals surface area contributed by atoms with Gasteiger partial charge >= 0.3 is 5.97 Å². The van der Waals surface area contributed by atoms with E-state index in [0.717, 1.165) is 17.2 Å². The number of hydrogen-bond donors (Lipinski definition) is 1. The molecule has 5 nitrogen and oxygen atoms in total. The zero-order chi connectivity index (χ0) is 18.8. The monoisotopic (exact) mass is 359 g/mol. The zero-order valence-corrected chi connectivity index (χ0v) is 14.4. The van der Waals surface area contributed by atoms with Crippen LogP contribution in [0.1, 0.15) is 24.5 Å². The fourth-order valence-corrected chi connectivity index (χ4v) is 3.01. The van der Waals surface area contributed by atoms with Crippen molar-refractivity contribution in [3.8, 4) is 0 Å². The normalized spacial score (nSPS) is 13.6. The number of carboxylic acids is 1. The summed E-state index contributed by atoms with van der Waals surface area (Å²) in [5, 5.41) is 13.7. The molecule has 0 amide bonds. The molecular formula is C19H19F2N3O2. The summed E-state index contributed by atoms with van der Waals surface area (Å²) in [4.78, 5) is 12.9. The van der Waals surface area contributed by atoms with Gasteiger partial charge in [0.2, 0.25) is 0 Å². The topological polar surface area (TPSA) is 58.4 Å². The number of aromatic nitrogens is 2. The fraction of sp³-hybridized carbons (Fsp3) is 0.263. The lowest BCUT2D eigenvalue weighted by atomic mass is 10.00. The molecule has 0 spiro atoms. The minimum Gasteiger partial charge on any atom is -0.480 e. The number of aryl methyl sites for hydroxylation is 2. The Morgan fingerprint density at radius 3 is 2.77 bits per heavy atom. The van der Waals surface area contributed by atoms with Crippen molar-refractivity contribution in [1.29, 1.82) is 0 Å². The van der Waals surface area contributed by atoms with Crippen LogP contribution in [0.2, 0.25) is 0 Å². The van der Waals surface area contributed by atoms with E-state index in [4.69, 9.17) is 0 Å². The van der Waals surface area contributed by atoms with E-state index in [2.05, 4.69) is 11.7 Å². The van der Waals surface area contributed by atoms with Crippen molar-refractivity contribution >= 4 is 17.4 Å². The Kier molecular flexibility index (Phi) is 4.88. The molecule has 2 aromatic rings. The molecule has 0 radical (unpaired) electrons. The second-order valence-corrected chi connectivity index (χ2v) is 6.08. The average Bonchev–Trinajstić information content (AvgIpc) is 3.04. The van der Waals surface area contributed by atoms with E-state index < -0.39 is 17.6 Å². The molecule has 1 N–H and O–H groups in total. The van der Waals surface area contributed by atoms with Gasteiger partial charge in [0.05, 0.1) is 0 Å². The molecule has 0 unspecified atom stereocenters. The van der Waals surface area contributed by atoms with Crippen LogP contribution < -0.4 is 4.90 Å². The van der Waals surface area contributed by atoms with Crippen LogP contribution in [-0.4, -0.2) is 27.4 Å². The lowest BCUT2D eigenvalue weighted by Gasteiger charge is -2.29. The fourth-order valence-electron chi connectivity index (χ4n) is 3.01. The van der Waals surface area contributed by atoms with E-state index in [1.165, 1.54) is 12.1 Å². The summed E-state index contributed by atoms with van der Waals surface area (Å²) in [6, 6.07) is 4.05. The molecule has 1 aromatic carbocycles. The standard InChI is InChI=1S/C19H19F2N3O2/c1-3-23-10-15-12(2)9-14(24(11-17(25)26)19(15)22-23)8-7-13-5-4-6-16(20)18(13)21/h4-6,9-10H,2-3,7-8,11H2,1H3,(H,25,26). The predicted molar refractivity (Wildman–Crippen MR) is 94.7 cm³/mol. The minimum absolute atomic E-state index is 0.239. The van der Waals surface area contributed by atoms with E-state index in [9.17, 15) is 18.7 Å². The van der Waals surface area contributed by atoms with Crippen molar-refractivity contribution in [1.82, 2.24) is 9.78 Å². The smallest absolute Gasteiger partial charge is 0.323 e. The first-order valence-corrected chi connectivity index (χ1v) is 8.30. The minimum atomic E-state index is -1.00. The molecule has 0 fully saturated rings. The van der Waals surface area contributed by atoms with Gasteiger partial charge in [-0.05, 0) is 43.0 Å². The molecule has 1 aromatic heterocycles. The highest BCUT2D eigenvalue weighted by Crippen LogP contribution is 2.35. The van der Waals surface area contributed by atoms with E-state index in [1.54, 1.807) is 15.7 Å². The Bertz CT molecular complexity index is 902. The molecule has 3 rings (SSSR count). The number of fused-ring (bicyclic) bond motifs is 1. The van der Waals surface area contributed by atoms with Crippen LogP contribution in [0.15, 0.2) is 42.7 Å². The quantitative estimate of drug-likeness (QED) is 0.856. The molecule has 0 saturated carbocycles. The molecule has 0 bridgehead atoms. The number of carboxylic acid groups (broad SMARTS) is 1. The Morgan fingerprint density at radius 1 is 1.31 bits per heavy atom. The summed E-state index contributed by atoms with van der Waals surface area (Å²) in [6.07, 6.45) is 4.18. The maximum atomic E-state index is 13.9. The summed E-state index contributed by atoms with van der Waals surface area (Å²) >= 11 is 0. The molecule has 1 aliphatic rings. The lowest BCUT2D eigenvalue weighted by Crippen LogP contribution is -2.32. The Labute approximate surface area is 149 Å². The number of carbonyl (C=O) groups is 1. The molecule has 2 heterocycles. The van der Waals surface area contributed by atoms with Crippen molar-refractivity contribution in [2.24, 2.45) is 0 Å². The Morgan fingerprint density at radius 2 is 2.08 bits per heavy atom. The third-order valence-corrected chi connectivity index (χ3v) is 4.33. The van der Waals surface area contributed by atoms with E-state index in [-0.39, 0.29) is 18.5 Å². The van der Waals surface area contributed by atoms with Crippen LogP contribution >= 0.6 is 0 Å². The summed E-state index contributed by atoms with van der Waals surface area (Å²) < 4.78 is 29.0. The number of halogens is 2. The van der Waals surface area contributed by atoms with Gasteiger partial charge in [-0.1, -0.05) is 18.7 Å². The molecule has 0 atom stereocenters. The highest BCUT2D eigenvalue weighted by Gasteiger charge is 2.27. The highest BCUT2D eigenvalue weighted by molar-refractivity contribution is 5.87. The molecule has 0 saturated heterocycles. The van der Waals surface area contributed by atoms with Gasteiger partial charge in [-0.3, -0.25) is 9.48 Å². The molecule has 26 heavy (non-hydrogen) atoms. The van der Waals surface area contributed by atoms with Gasteiger partial charge < -0.3 is 10.0 Å². The molecule has 0 aliphatic carbocycles. The van der Waals surface area contributed by atoms with Crippen molar-refractivity contribution in [2.75, 3.05) is 11.4 Å². The summed E-state index contributed by atoms with van der Waals surface area (Å²) in [6.45, 7) is 6.33. The summed E-state index contributed by atoms with van der Waals surface area (Å²) in [5.74, 6) is -2.24. The molecule has 136 valence electrons. The third kappa shape index (κ3) is 3.37. The molecule has 1 aliphatic heterocycles. The van der Waals surface area contributed by atoms with E-state index >= 15 is 0 Å². The van der Waals surface area contributed by atoms with Crippen LogP contribution in [0.5, 0.6) is 0 Å². The van der Waals surface area contributed by atoms with Crippen molar-refractivity contribution < 1.29 is 18.7 Å². The van der Waals surface area contributed by atoms with E-state index in [0.29, 0.717) is 24.5 Å². The first-order valence-electron chi connectivity index (χ1n) is 8.30. The number of allylic oxidation sites excluding steroid dienone is 3. The van der Waals surface area contributed by atoms with Gasteiger partial charge in [0, 0.05) is 24.0 Å². The van der Waals surface area contributed by atoms with Gasteiger partial charge in [-0.25, -0.2) is 8.78 Å². The first kappa shape index (κ1) is 17.8. The van der Waals surface area contributed by atoms with Gasteiger partial charge in [0.15, 0.2) is 17.5 Å². The van der Waals surface area contributed by atoms with Crippen LogP contribution in [-0.2, 0) is 17.8 Å². The number of aliphatic carboxylic acids is 1. The van der Waals surface area contributed by atoms with Crippen LogP contribution in [0.4, 0.5) is 14.6 Å². The third-order valence-electron chi connectivity index (χ3n) is 4.33. The highest BCUT2D eigenvalue weighted by atomic mass is 19.2. The molecular weight excluding hydrogens is 340 g/mol. The van der Waals surface area contributed by atoms with Gasteiger partial charge in [-0.2, -0.15) is 5.10 Å². The number of hydrogen-bond acceptors (Lipinski definition) is 3. The van der Waals surface area contributed by atoms with Gasteiger partial charge in [-0.15, -0.1) is 0 Å². The second-order valence-electron chi connectivity index (χ2n) is 6.08. The van der Waals surface area contributed by atoms with Gasteiger partial charge in [0.25, 0.3) is 0 Å². The number of anilines is 1. The van der Waals surface area contributed by atoms with E-state index in [1.807, 2.05) is 13.1 Å². The van der Waals surface area contributed by atoms with Crippen molar-refractivity contribution in [3.05, 3.63) is 65.5 Å². The zero-order valence-electron chi connectivity index (χ0n) is 14.4. The van der Waals surface area contributed by atoms with Crippen molar-refractivity contribution in [3.63, 3.8) is 0 Å². The van der Waals surface area contributed by atoms with Gasteiger partial charge in [0.1, 0.15) is 6.54 Å². The number of rotatable bonds is 6. The summed E-state index contributed by atoms with van der Waals surface area (Å²) in [7, 11) is 0. The number of nitrogens with zero attached hydrogens (tertiary/aromatic N) is 3. The second kappa shape index (κ2) is 7.11. The average molecular weight is 359 g/mol.